The van der Waals surface area contributed by atoms with Crippen molar-refractivity contribution in [2.45, 2.75) is 25.8 Å². The molecule has 1 fully saturated rings. The Labute approximate surface area is 111 Å². The molecule has 1 aromatic heterocycles. The molecule has 4 heteroatoms. The van der Waals surface area contributed by atoms with Crippen molar-refractivity contribution >= 4 is 5.97 Å². The van der Waals surface area contributed by atoms with E-state index in [1.165, 1.54) is 19.0 Å². The average molecular weight is 256 g/mol. The van der Waals surface area contributed by atoms with E-state index < -0.39 is 5.97 Å². The highest BCUT2D eigenvalue weighted by Crippen LogP contribution is 2.33. The summed E-state index contributed by atoms with van der Waals surface area (Å²) in [7, 11) is 0. The van der Waals surface area contributed by atoms with Gasteiger partial charge in [0.05, 0.1) is 18.4 Å². The van der Waals surface area contributed by atoms with Crippen molar-refractivity contribution < 1.29 is 9.90 Å². The van der Waals surface area contributed by atoms with E-state index in [9.17, 15) is 9.90 Å². The number of aromatic nitrogens is 2. The van der Waals surface area contributed by atoms with E-state index in [2.05, 4.69) is 5.10 Å². The van der Waals surface area contributed by atoms with Gasteiger partial charge in [0.15, 0.2) is 0 Å². The predicted octanol–water partition coefficient (Wildman–Crippen LogP) is 2.58. The molecule has 0 spiro atoms. The summed E-state index contributed by atoms with van der Waals surface area (Å²) in [4.78, 5) is 11.2. The average Bonchev–Trinajstić information content (AvgIpc) is 3.13. The van der Waals surface area contributed by atoms with Gasteiger partial charge in [0, 0.05) is 0 Å². The first-order valence-electron chi connectivity index (χ1n) is 6.56. The van der Waals surface area contributed by atoms with Crippen LogP contribution in [0.2, 0.25) is 0 Å². The van der Waals surface area contributed by atoms with E-state index in [-0.39, 0.29) is 0 Å². The lowest BCUT2D eigenvalue weighted by atomic mass is 10.1. The van der Waals surface area contributed by atoms with E-state index in [1.807, 2.05) is 35.0 Å². The van der Waals surface area contributed by atoms with Gasteiger partial charge in [-0.15, -0.1) is 0 Å². The van der Waals surface area contributed by atoms with Crippen molar-refractivity contribution in [1.29, 1.82) is 0 Å². The molecule has 0 amide bonds. The second-order valence-electron chi connectivity index (χ2n) is 5.10. The number of hydrogen-bond donors (Lipinski definition) is 1. The molecule has 0 unspecified atom stereocenters. The highest BCUT2D eigenvalue weighted by molar-refractivity contribution is 5.88. The van der Waals surface area contributed by atoms with E-state index in [1.54, 1.807) is 0 Å². The lowest BCUT2D eigenvalue weighted by Gasteiger charge is -2.08. The molecule has 4 nitrogen and oxygen atoms in total. The number of carbonyl (C=O) groups is 1. The molecule has 1 aliphatic carbocycles. The SMILES string of the molecule is O=C(O)c1cnn(Cc2ccccc2)c1CC1CC1. The first-order valence-corrected chi connectivity index (χ1v) is 6.56. The molecule has 19 heavy (non-hydrogen) atoms. The van der Waals surface area contributed by atoms with Crippen LogP contribution in [0.1, 0.15) is 34.5 Å². The fraction of sp³-hybridized carbons (Fsp3) is 0.333. The van der Waals surface area contributed by atoms with Gasteiger partial charge in [-0.3, -0.25) is 4.68 Å². The highest BCUT2D eigenvalue weighted by Gasteiger charge is 2.26. The summed E-state index contributed by atoms with van der Waals surface area (Å²) in [6.07, 6.45) is 4.71. The molecule has 1 aromatic carbocycles. The zero-order valence-corrected chi connectivity index (χ0v) is 10.6. The second kappa shape index (κ2) is 4.88. The van der Waals surface area contributed by atoms with Crippen LogP contribution < -0.4 is 0 Å². The highest BCUT2D eigenvalue weighted by atomic mass is 16.4. The quantitative estimate of drug-likeness (QED) is 0.894. The van der Waals surface area contributed by atoms with Crippen LogP contribution in [0, 0.1) is 5.92 Å². The van der Waals surface area contributed by atoms with Crippen LogP contribution in [-0.4, -0.2) is 20.9 Å². The summed E-state index contributed by atoms with van der Waals surface area (Å²) in [5.41, 5.74) is 2.35. The van der Waals surface area contributed by atoms with Crippen LogP contribution in [0.4, 0.5) is 0 Å². The van der Waals surface area contributed by atoms with Crippen molar-refractivity contribution in [3.05, 3.63) is 53.3 Å². The van der Waals surface area contributed by atoms with E-state index >= 15 is 0 Å². The normalized spacial score (nSPS) is 14.5. The minimum Gasteiger partial charge on any atom is -0.478 e. The first-order chi connectivity index (χ1) is 9.24. The molecule has 1 saturated carbocycles. The van der Waals surface area contributed by atoms with Crippen molar-refractivity contribution in [3.63, 3.8) is 0 Å². The Balaban J connectivity index is 1.89. The monoisotopic (exact) mass is 256 g/mol. The van der Waals surface area contributed by atoms with Gasteiger partial charge >= 0.3 is 5.97 Å². The number of carboxylic acids is 1. The zero-order valence-electron chi connectivity index (χ0n) is 10.6. The van der Waals surface area contributed by atoms with Gasteiger partial charge in [0.25, 0.3) is 0 Å². The molecule has 0 saturated heterocycles. The summed E-state index contributed by atoms with van der Waals surface area (Å²) in [6, 6.07) is 10.0. The molecule has 3 rings (SSSR count). The molecule has 0 radical (unpaired) electrons. The molecule has 0 bridgehead atoms. The fourth-order valence-electron chi connectivity index (χ4n) is 2.29. The molecule has 98 valence electrons. The number of benzene rings is 1. The van der Waals surface area contributed by atoms with Crippen LogP contribution in [0.25, 0.3) is 0 Å². The summed E-state index contributed by atoms with van der Waals surface area (Å²) in [5, 5.41) is 13.5. The first kappa shape index (κ1) is 12.0. The van der Waals surface area contributed by atoms with Gasteiger partial charge < -0.3 is 5.11 Å². The minimum atomic E-state index is -0.880. The topological polar surface area (TPSA) is 55.1 Å². The maximum Gasteiger partial charge on any atom is 0.339 e. The van der Waals surface area contributed by atoms with Crippen molar-refractivity contribution in [3.8, 4) is 0 Å². The standard InChI is InChI=1S/C15H16N2O2/c18-15(19)13-9-16-17(14(13)8-11-6-7-11)10-12-4-2-1-3-5-12/h1-5,9,11H,6-8,10H2,(H,18,19). The lowest BCUT2D eigenvalue weighted by Crippen LogP contribution is -2.10. The third kappa shape index (κ3) is 2.67. The van der Waals surface area contributed by atoms with Gasteiger partial charge in [-0.25, -0.2) is 4.79 Å². The summed E-state index contributed by atoms with van der Waals surface area (Å²) < 4.78 is 1.83. The lowest BCUT2D eigenvalue weighted by molar-refractivity contribution is 0.0695. The number of aromatic carboxylic acids is 1. The zero-order chi connectivity index (χ0) is 13.2. The van der Waals surface area contributed by atoms with Gasteiger partial charge in [0.1, 0.15) is 5.56 Å². The van der Waals surface area contributed by atoms with Gasteiger partial charge in [-0.2, -0.15) is 5.10 Å². The van der Waals surface area contributed by atoms with Crippen LogP contribution in [-0.2, 0) is 13.0 Å². The molecule has 2 aromatic rings. The Morgan fingerprint density at radius 2 is 2.05 bits per heavy atom. The van der Waals surface area contributed by atoms with Crippen molar-refractivity contribution in [2.24, 2.45) is 5.92 Å². The van der Waals surface area contributed by atoms with Gasteiger partial charge in [-0.1, -0.05) is 30.3 Å². The maximum absolute atomic E-state index is 11.2. The summed E-state index contributed by atoms with van der Waals surface area (Å²) in [5.74, 6) is -0.237. The fourth-order valence-corrected chi connectivity index (χ4v) is 2.29. The van der Waals surface area contributed by atoms with E-state index in [4.69, 9.17) is 0 Å². The Hall–Kier alpha value is -2.10. The summed E-state index contributed by atoms with van der Waals surface area (Å²) >= 11 is 0. The molecule has 1 heterocycles. The third-order valence-electron chi connectivity index (χ3n) is 3.53. The van der Waals surface area contributed by atoms with Crippen molar-refractivity contribution in [1.82, 2.24) is 9.78 Å². The molecule has 0 aliphatic heterocycles. The number of hydrogen-bond acceptors (Lipinski definition) is 2. The molecular weight excluding hydrogens is 240 g/mol. The number of nitrogens with zero attached hydrogens (tertiary/aromatic N) is 2. The largest absolute Gasteiger partial charge is 0.478 e. The third-order valence-corrected chi connectivity index (χ3v) is 3.53. The van der Waals surface area contributed by atoms with Crippen LogP contribution in [0.3, 0.4) is 0 Å². The molecular formula is C15H16N2O2. The molecule has 0 atom stereocenters. The Morgan fingerprint density at radius 1 is 1.32 bits per heavy atom. The predicted molar refractivity (Wildman–Crippen MR) is 71.2 cm³/mol. The van der Waals surface area contributed by atoms with Crippen LogP contribution in [0.15, 0.2) is 36.5 Å². The number of rotatable bonds is 5. The van der Waals surface area contributed by atoms with Gasteiger partial charge in [0.2, 0.25) is 0 Å². The molecule has 1 aliphatic rings. The van der Waals surface area contributed by atoms with Crippen LogP contribution >= 0.6 is 0 Å². The maximum atomic E-state index is 11.2. The second-order valence-corrected chi connectivity index (χ2v) is 5.10. The smallest absolute Gasteiger partial charge is 0.339 e. The summed E-state index contributed by atoms with van der Waals surface area (Å²) in [6.45, 7) is 0.635. The van der Waals surface area contributed by atoms with E-state index in [0.717, 1.165) is 17.7 Å². The van der Waals surface area contributed by atoms with Gasteiger partial charge in [-0.05, 0) is 30.7 Å². The minimum absolute atomic E-state index is 0.350. The van der Waals surface area contributed by atoms with E-state index in [0.29, 0.717) is 18.0 Å². The number of carboxylic acid groups (broad SMARTS) is 1. The Morgan fingerprint density at radius 3 is 2.68 bits per heavy atom. The Bertz CT molecular complexity index is 585. The van der Waals surface area contributed by atoms with Crippen LogP contribution in [0.5, 0.6) is 0 Å². The Kier molecular flexibility index (Phi) is 3.07. The molecule has 1 N–H and O–H groups in total. The van der Waals surface area contributed by atoms with Crippen molar-refractivity contribution in [2.75, 3.05) is 0 Å².